The molecule has 4 aliphatic carbocycles. The fourth-order valence-electron chi connectivity index (χ4n) is 16.9. The minimum absolute atomic E-state index is 0. The summed E-state index contributed by atoms with van der Waals surface area (Å²) in [5, 5.41) is 116. The molecule has 44 nitrogen and oxygen atoms in total. The van der Waals surface area contributed by atoms with Crippen molar-refractivity contribution in [3.05, 3.63) is 127 Å². The van der Waals surface area contributed by atoms with Crippen molar-refractivity contribution in [1.29, 1.82) is 0 Å². The topological polar surface area (TPSA) is 596 Å². The fraction of sp³-hybridized carbons (Fsp3) is 0.743. The molecular formula is C101H164Br2Mg2O44. The summed E-state index contributed by atoms with van der Waals surface area (Å²) in [6.45, 7) is 70.4. The van der Waals surface area contributed by atoms with Crippen molar-refractivity contribution in [3.8, 4) is 0 Å². The summed E-state index contributed by atoms with van der Waals surface area (Å²) in [6, 6.07) is 0. The van der Waals surface area contributed by atoms with E-state index >= 15 is 0 Å². The van der Waals surface area contributed by atoms with Gasteiger partial charge < -0.3 is 242 Å². The van der Waals surface area contributed by atoms with E-state index < -0.39 is 182 Å². The third-order valence-corrected chi connectivity index (χ3v) is 22.9. The van der Waals surface area contributed by atoms with Gasteiger partial charge in [-0.3, -0.25) is 32.3 Å². The van der Waals surface area contributed by atoms with Crippen LogP contribution in [0.1, 0.15) is 179 Å². The number of rotatable bonds is 15. The molecule has 12 unspecified atom stereocenters. The van der Waals surface area contributed by atoms with Gasteiger partial charge in [0.25, 0.3) is 0 Å². The first-order valence-corrected chi connectivity index (χ1v) is 46.7. The van der Waals surface area contributed by atoms with E-state index in [9.17, 15) is 44.1 Å². The zero-order chi connectivity index (χ0) is 109. The molecule has 0 spiro atoms. The number of aliphatic hydroxyl groups is 13. The van der Waals surface area contributed by atoms with Crippen LogP contribution in [0, 0.1) is 13.2 Å². The van der Waals surface area contributed by atoms with Gasteiger partial charge in [-0.15, -0.1) is 39.5 Å². The summed E-state index contributed by atoms with van der Waals surface area (Å²) in [6.07, 6.45) is 1.12. The Morgan fingerprint density at radius 3 is 0.879 bits per heavy atom. The van der Waals surface area contributed by atoms with E-state index in [1.807, 2.05) is 69.2 Å². The summed E-state index contributed by atoms with van der Waals surface area (Å²) >= 11 is 0. The minimum atomic E-state index is -1.38. The molecule has 0 aromatic carbocycles. The monoisotopic (exact) mass is 2290 g/mol. The van der Waals surface area contributed by atoms with Crippen molar-refractivity contribution in [3.63, 3.8) is 0 Å². The molecule has 2 saturated carbocycles. The molecule has 16 fully saturated rings. The van der Waals surface area contributed by atoms with Crippen LogP contribution in [0.3, 0.4) is 0 Å². The van der Waals surface area contributed by atoms with E-state index in [-0.39, 0.29) is 229 Å². The zero-order valence-electron chi connectivity index (χ0n) is 87.7. The molecule has 48 heteroatoms. The molecule has 14 saturated heterocycles. The second-order valence-electron chi connectivity index (χ2n) is 39.0. The van der Waals surface area contributed by atoms with Crippen LogP contribution in [0.15, 0.2) is 113 Å². The van der Waals surface area contributed by atoms with Crippen LogP contribution in [-0.2, 0) is 147 Å². The number of halogens is 2. The predicted molar refractivity (Wildman–Crippen MR) is 526 cm³/mol. The van der Waals surface area contributed by atoms with Crippen molar-refractivity contribution >= 4 is 81.8 Å². The number of hydrogen-bond donors (Lipinski definition) is 13. The van der Waals surface area contributed by atoms with Crippen LogP contribution in [0.2, 0.25) is 0 Å². The molecule has 850 valence electrons. The molecule has 0 aromatic rings. The van der Waals surface area contributed by atoms with E-state index in [4.69, 9.17) is 160 Å². The van der Waals surface area contributed by atoms with Gasteiger partial charge in [-0.2, -0.15) is 0 Å². The molecule has 0 aromatic heterocycles. The Morgan fingerprint density at radius 1 is 0.349 bits per heavy atom. The van der Waals surface area contributed by atoms with Gasteiger partial charge in [-0.1, -0.05) is 51.3 Å². The van der Waals surface area contributed by atoms with Gasteiger partial charge in [0, 0.05) is 20.0 Å². The first-order chi connectivity index (χ1) is 66.4. The van der Waals surface area contributed by atoms with Gasteiger partial charge in [0.15, 0.2) is 131 Å². The number of hydrogen-bond acceptors (Lipinski definition) is 44. The maximum atomic E-state index is 11.1. The normalized spacial score (nSPS) is 38.0. The van der Waals surface area contributed by atoms with Crippen molar-refractivity contribution in [2.45, 2.75) is 445 Å². The molecule has 18 rings (SSSR count). The first-order valence-electron chi connectivity index (χ1n) is 46.7. The Bertz CT molecular complexity index is 3870. The molecule has 149 heavy (non-hydrogen) atoms. The summed E-state index contributed by atoms with van der Waals surface area (Å²) in [5.74, 6) is -5.85. The summed E-state index contributed by atoms with van der Waals surface area (Å²) < 4.78 is 133. The Balaban J connectivity index is 0. The fourth-order valence-corrected chi connectivity index (χ4v) is 16.9. The molecule has 14 heterocycles. The standard InChI is InChI=1S/2C10H16O3.C9H16O5.C8H14O5.2C8H12O3.2C8H10O3.2C8H12O3.2C5H10O5.2C2H3.2CH4.2BrH.2Mg/c2*1-5-7(11)9-8(6-2)12-10(3,4)13-9;1-9(2)13-6-5(4-10)12-8(11-3)7(6)14-9;1-8(2)12-5-4(3-9)11-7(10)6(5)13-8;4*1-8(2)10-6-4-3-5(9)7(6)11-8;2*1-4-6-7(5-9)11-8(2,3)10-6;2*6-1-2-3(7)4(8)5(9)10-2;2*1-2;;;;;;/h2*5-9,11H,1-2H2,3-4H3;5-8,10H,4H2,1-3H3;4-7,9-10H,3H2,1-2H3;2*6-7H,3-4H2,1-2H3;2*3-4,6-7H,1-2H3;2*4-7H,1H2,2-3H3;2*2-9H,1H2;2*1H,2H2;2*1H4;2*1H;;/q;;;;;;;;;;;;2*-1;;;;;2*+2/p-2/t2*7?,8?,9-;5-,6?,7+,8-;4-,5?,6+,7-;2*6-,7+;3*6?,7-;6-,7?;2*2-,3?,4+,5-;;;;;;;;/m101110101111......../s1. The average Bonchev–Trinajstić information content (AvgIpc) is 1.61. The summed E-state index contributed by atoms with van der Waals surface area (Å²) in [7, 11) is 1.55. The van der Waals surface area contributed by atoms with Crippen molar-refractivity contribution in [1.82, 2.24) is 0 Å². The third-order valence-electron chi connectivity index (χ3n) is 22.9. The Kier molecular flexibility index (Phi) is 63.3. The Hall–Kier alpha value is -3.61. The predicted octanol–water partition coefficient (Wildman–Crippen LogP) is -3.06. The van der Waals surface area contributed by atoms with E-state index in [1.165, 1.54) is 24.3 Å². The molecule has 0 amide bonds. The van der Waals surface area contributed by atoms with Crippen LogP contribution in [0.5, 0.6) is 0 Å². The summed E-state index contributed by atoms with van der Waals surface area (Å²) in [4.78, 5) is 65.2. The first kappa shape index (κ1) is 147. The molecule has 14 aliphatic heterocycles. The Morgan fingerprint density at radius 2 is 0.611 bits per heavy atom. The minimum Gasteiger partial charge on any atom is -1.00 e. The molecule has 0 radical (unpaired) electrons. The van der Waals surface area contributed by atoms with Gasteiger partial charge in [0.1, 0.15) is 159 Å². The number of carbonyl (C=O) groups is 6. The number of ether oxygens (including phenoxy) is 25. The van der Waals surface area contributed by atoms with Crippen LogP contribution in [0.4, 0.5) is 0 Å². The number of Topliss-reactive ketones (excluding diaryl/α,β-unsaturated/α-hetero) is 2. The van der Waals surface area contributed by atoms with Gasteiger partial charge in [-0.25, -0.2) is 0 Å². The van der Waals surface area contributed by atoms with Crippen molar-refractivity contribution in [2.24, 2.45) is 0 Å². The van der Waals surface area contributed by atoms with Crippen LogP contribution < -0.4 is 34.0 Å². The van der Waals surface area contributed by atoms with Crippen LogP contribution >= 0.6 is 0 Å². The number of methoxy groups -OCH3 is 1. The second kappa shape index (κ2) is 64.0. The molecule has 34 atom stereocenters. The number of carbonyl (C=O) groups excluding carboxylic acids is 6. The smallest absolute Gasteiger partial charge is 1.00 e. The van der Waals surface area contributed by atoms with Gasteiger partial charge in [0.05, 0.1) is 38.6 Å². The number of aliphatic hydroxyl groups excluding tert-OH is 13. The third kappa shape index (κ3) is 42.5. The van der Waals surface area contributed by atoms with Gasteiger partial charge in [-0.05, 0) is 176 Å². The van der Waals surface area contributed by atoms with E-state index in [2.05, 4.69) is 75.3 Å². The van der Waals surface area contributed by atoms with Crippen molar-refractivity contribution in [2.75, 3.05) is 33.5 Å². The van der Waals surface area contributed by atoms with Crippen molar-refractivity contribution < 1.29 is 248 Å². The molecule has 18 aliphatic rings. The maximum absolute atomic E-state index is 11.1. The zero-order valence-corrected chi connectivity index (χ0v) is 93.7. The van der Waals surface area contributed by atoms with Crippen LogP contribution in [0.25, 0.3) is 0 Å². The number of fused-ring (bicyclic) bond motifs is 6. The molecule has 13 N–H and O–H groups in total. The maximum Gasteiger partial charge on any atom is 2.00 e. The van der Waals surface area contributed by atoms with E-state index in [0.717, 1.165) is 25.4 Å². The Labute approximate surface area is 928 Å². The quantitative estimate of drug-likeness (QED) is 0.0335. The molecule has 0 bridgehead atoms. The second-order valence-corrected chi connectivity index (χ2v) is 39.0. The largest absolute Gasteiger partial charge is 2.00 e. The van der Waals surface area contributed by atoms with E-state index in [1.54, 1.807) is 113 Å². The SMILES string of the molecule is C.C.C=CC(O)[C@@H]1OC(C)(C)OC1C=C.C=CC(O)[C@H]1OC(C)(C)OC1C=C.C=CC1OC(C)(C)O[C@@H]1C=O.C=C[C@H]1OC(C)(C)OC1C=O.CC1(C)OC2C=CC(=O)[C@@H]2O1.CC1(C)OC2C=CC(=O)[C@H]2O1.CC1(C)OC2[C@@H](CO)O[C@@H](O)[C@H]2O1.CC1(C)O[C@@H]2CCC(=O)[C@@H]2O1.CC1(C)O[C@H]2CCC(=O)[C@H]2O1.CO[C@@H]1O[C@H](CO)C2OC(C)(C)O[C@@H]21.OC[C@H]1O[C@@H](O)[C@@H](O)C1O.OC[C@H]1O[C@@H](O)[C@@H](O)C1O.[Br-].[Br-].[CH-]=C.[CH-]=C.[Mg+2].[Mg+2]. The molecular weight excluding hydrogens is 2130 g/mol. The van der Waals surface area contributed by atoms with Gasteiger partial charge in [0.2, 0.25) is 0 Å². The van der Waals surface area contributed by atoms with Crippen LogP contribution in [-0.4, -0.2) is 448 Å². The van der Waals surface area contributed by atoms with E-state index in [0.29, 0.717) is 12.8 Å². The number of aldehydes is 2. The summed E-state index contributed by atoms with van der Waals surface area (Å²) in [5.41, 5.74) is 0. The van der Waals surface area contributed by atoms with Gasteiger partial charge >= 0.3 is 46.1 Å². The number of ketones is 4. The average molecular weight is 2290 g/mol.